The predicted molar refractivity (Wildman–Crippen MR) is 108 cm³/mol. The molecule has 0 fully saturated rings. The molecule has 1 heterocycles. The highest BCUT2D eigenvalue weighted by Gasteiger charge is 2.21. The fourth-order valence-corrected chi connectivity index (χ4v) is 2.91. The molecule has 3 rings (SSSR count). The van der Waals surface area contributed by atoms with Gasteiger partial charge in [0.2, 0.25) is 0 Å². The molecule has 1 N–H and O–H groups in total. The van der Waals surface area contributed by atoms with Gasteiger partial charge in [-0.2, -0.15) is 0 Å². The zero-order valence-electron chi connectivity index (χ0n) is 17.2. The highest BCUT2D eigenvalue weighted by atomic mass is 16.5. The van der Waals surface area contributed by atoms with Crippen LogP contribution in [0, 0.1) is 6.92 Å². The molecule has 0 amide bonds. The van der Waals surface area contributed by atoms with Gasteiger partial charge in [0.25, 0.3) is 0 Å². The van der Waals surface area contributed by atoms with Crippen LogP contribution in [0.25, 0.3) is 11.4 Å². The molecule has 5 nitrogen and oxygen atoms in total. The molecular weight excluding hydrogens is 336 g/mol. The molecule has 1 aromatic heterocycles. The number of benzene rings is 2. The first kappa shape index (κ1) is 19.1. The Bertz CT molecular complexity index is 900. The van der Waals surface area contributed by atoms with Crippen molar-refractivity contribution in [3.8, 4) is 22.9 Å². The van der Waals surface area contributed by atoms with Crippen molar-refractivity contribution in [1.29, 1.82) is 0 Å². The van der Waals surface area contributed by atoms with E-state index in [0.717, 1.165) is 22.6 Å². The number of aromatic amines is 1. The minimum atomic E-state index is 0.0434. The molecule has 0 bridgehead atoms. The van der Waals surface area contributed by atoms with Gasteiger partial charge in [0.1, 0.15) is 11.5 Å². The predicted octanol–water partition coefficient (Wildman–Crippen LogP) is 5.56. The second-order valence-corrected chi connectivity index (χ2v) is 9.03. The summed E-state index contributed by atoms with van der Waals surface area (Å²) in [5, 5.41) is 14.2. The van der Waals surface area contributed by atoms with Crippen LogP contribution in [0.1, 0.15) is 58.2 Å². The van der Waals surface area contributed by atoms with E-state index in [2.05, 4.69) is 80.4 Å². The van der Waals surface area contributed by atoms with Crippen molar-refractivity contribution in [3.05, 3.63) is 53.1 Å². The summed E-state index contributed by atoms with van der Waals surface area (Å²) in [5.74, 6) is 2.29. The Morgan fingerprint density at radius 1 is 0.889 bits per heavy atom. The van der Waals surface area contributed by atoms with E-state index in [-0.39, 0.29) is 10.8 Å². The van der Waals surface area contributed by atoms with Crippen LogP contribution in [0.15, 0.2) is 36.4 Å². The van der Waals surface area contributed by atoms with Gasteiger partial charge in [-0.1, -0.05) is 59.7 Å². The third kappa shape index (κ3) is 4.18. The van der Waals surface area contributed by atoms with Crippen molar-refractivity contribution in [2.24, 2.45) is 0 Å². The van der Waals surface area contributed by atoms with Crippen LogP contribution in [0.4, 0.5) is 0 Å². The van der Waals surface area contributed by atoms with Crippen molar-refractivity contribution in [2.45, 2.75) is 59.3 Å². The number of tetrazole rings is 1. The zero-order chi connectivity index (χ0) is 19.8. The molecule has 0 radical (unpaired) electrons. The average Bonchev–Trinajstić information content (AvgIpc) is 3.09. The average molecular weight is 364 g/mol. The largest absolute Gasteiger partial charge is 0.457 e. The molecule has 27 heavy (non-hydrogen) atoms. The molecule has 142 valence electrons. The third-order valence-corrected chi connectivity index (χ3v) is 4.75. The van der Waals surface area contributed by atoms with E-state index in [1.54, 1.807) is 0 Å². The summed E-state index contributed by atoms with van der Waals surface area (Å²) < 4.78 is 6.34. The molecule has 0 aliphatic carbocycles. The van der Waals surface area contributed by atoms with Gasteiger partial charge in [0.05, 0.1) is 0 Å². The van der Waals surface area contributed by atoms with Crippen LogP contribution in [0.5, 0.6) is 11.5 Å². The molecule has 0 saturated carbocycles. The summed E-state index contributed by atoms with van der Waals surface area (Å²) in [5.41, 5.74) is 4.54. The maximum absolute atomic E-state index is 6.34. The fraction of sp³-hybridized carbons (Fsp3) is 0.409. The highest BCUT2D eigenvalue weighted by Crippen LogP contribution is 2.36. The monoisotopic (exact) mass is 364 g/mol. The van der Waals surface area contributed by atoms with Gasteiger partial charge in [-0.25, -0.2) is 5.10 Å². The molecule has 2 aromatic carbocycles. The van der Waals surface area contributed by atoms with Crippen molar-refractivity contribution < 1.29 is 4.74 Å². The topological polar surface area (TPSA) is 63.7 Å². The van der Waals surface area contributed by atoms with E-state index in [1.807, 2.05) is 25.1 Å². The number of nitrogens with zero attached hydrogens (tertiary/aromatic N) is 3. The van der Waals surface area contributed by atoms with Gasteiger partial charge >= 0.3 is 0 Å². The number of H-pyrrole nitrogens is 1. The summed E-state index contributed by atoms with van der Waals surface area (Å²) in [7, 11) is 0. The van der Waals surface area contributed by atoms with Crippen LogP contribution < -0.4 is 4.74 Å². The number of nitrogens with one attached hydrogen (secondary N) is 1. The second-order valence-electron chi connectivity index (χ2n) is 9.03. The lowest BCUT2D eigenvalue weighted by Gasteiger charge is -2.26. The Morgan fingerprint density at radius 2 is 1.52 bits per heavy atom. The maximum atomic E-state index is 6.34. The normalized spacial score (nSPS) is 12.3. The van der Waals surface area contributed by atoms with Crippen LogP contribution in [-0.2, 0) is 10.8 Å². The SMILES string of the molecule is Cc1c(Oc2cc(C(C)(C)C)cc(C(C)(C)C)c2)cccc1-c1nnn[nH]1. The first-order chi connectivity index (χ1) is 12.6. The maximum Gasteiger partial charge on any atom is 0.179 e. The second kappa shape index (κ2) is 6.80. The Kier molecular flexibility index (Phi) is 4.81. The lowest BCUT2D eigenvalue weighted by atomic mass is 9.80. The van der Waals surface area contributed by atoms with Crippen molar-refractivity contribution in [3.63, 3.8) is 0 Å². The van der Waals surface area contributed by atoms with Gasteiger partial charge in [-0.3, -0.25) is 0 Å². The Morgan fingerprint density at radius 3 is 2.04 bits per heavy atom. The summed E-state index contributed by atoms with van der Waals surface area (Å²) >= 11 is 0. The van der Waals surface area contributed by atoms with E-state index in [9.17, 15) is 0 Å². The first-order valence-corrected chi connectivity index (χ1v) is 9.23. The smallest absolute Gasteiger partial charge is 0.179 e. The van der Waals surface area contributed by atoms with Crippen molar-refractivity contribution in [1.82, 2.24) is 20.6 Å². The molecule has 0 spiro atoms. The van der Waals surface area contributed by atoms with Crippen LogP contribution in [-0.4, -0.2) is 20.6 Å². The van der Waals surface area contributed by atoms with Gasteiger partial charge in [0.15, 0.2) is 5.82 Å². The Labute approximate surface area is 161 Å². The number of ether oxygens (including phenoxy) is 1. The van der Waals surface area contributed by atoms with E-state index in [0.29, 0.717) is 5.82 Å². The number of hydrogen-bond acceptors (Lipinski definition) is 4. The van der Waals surface area contributed by atoms with Gasteiger partial charge < -0.3 is 4.74 Å². The van der Waals surface area contributed by atoms with E-state index >= 15 is 0 Å². The molecular formula is C22H28N4O. The molecule has 0 atom stereocenters. The highest BCUT2D eigenvalue weighted by molar-refractivity contribution is 5.63. The Balaban J connectivity index is 2.04. The zero-order valence-corrected chi connectivity index (χ0v) is 17.2. The van der Waals surface area contributed by atoms with Gasteiger partial charge in [0, 0.05) is 11.1 Å². The van der Waals surface area contributed by atoms with E-state index in [1.165, 1.54) is 11.1 Å². The molecule has 0 aliphatic heterocycles. The van der Waals surface area contributed by atoms with Crippen molar-refractivity contribution in [2.75, 3.05) is 0 Å². The standard InChI is InChI=1S/C22H28N4O/c1-14-18(20-23-25-26-24-20)9-8-10-19(14)27-17-12-15(21(2,3)4)11-16(13-17)22(5,6)7/h8-13H,1-7H3,(H,23,24,25,26). The van der Waals surface area contributed by atoms with Crippen LogP contribution in [0.2, 0.25) is 0 Å². The van der Waals surface area contributed by atoms with E-state index < -0.39 is 0 Å². The van der Waals surface area contributed by atoms with Gasteiger partial charge in [-0.15, -0.1) is 5.10 Å². The van der Waals surface area contributed by atoms with Crippen molar-refractivity contribution >= 4 is 0 Å². The third-order valence-electron chi connectivity index (χ3n) is 4.75. The molecule has 0 unspecified atom stereocenters. The molecule has 0 saturated heterocycles. The Hall–Kier alpha value is -2.69. The lowest BCUT2D eigenvalue weighted by Crippen LogP contribution is -2.16. The van der Waals surface area contributed by atoms with Crippen LogP contribution >= 0.6 is 0 Å². The summed E-state index contributed by atoms with van der Waals surface area (Å²) in [6.07, 6.45) is 0. The summed E-state index contributed by atoms with van der Waals surface area (Å²) in [4.78, 5) is 0. The minimum absolute atomic E-state index is 0.0434. The fourth-order valence-electron chi connectivity index (χ4n) is 2.91. The van der Waals surface area contributed by atoms with E-state index in [4.69, 9.17) is 4.74 Å². The van der Waals surface area contributed by atoms with Gasteiger partial charge in [-0.05, 0) is 57.5 Å². The molecule has 5 heteroatoms. The number of hydrogen-bond donors (Lipinski definition) is 1. The summed E-state index contributed by atoms with van der Waals surface area (Å²) in [6, 6.07) is 12.5. The quantitative estimate of drug-likeness (QED) is 0.660. The summed E-state index contributed by atoms with van der Waals surface area (Å²) in [6.45, 7) is 15.4. The molecule has 3 aromatic rings. The molecule has 0 aliphatic rings. The number of rotatable bonds is 3. The first-order valence-electron chi connectivity index (χ1n) is 9.23. The number of aromatic nitrogens is 4. The lowest BCUT2D eigenvalue weighted by molar-refractivity contribution is 0.470. The van der Waals surface area contributed by atoms with Crippen LogP contribution in [0.3, 0.4) is 0 Å². The minimum Gasteiger partial charge on any atom is -0.457 e.